The zero-order valence-corrected chi connectivity index (χ0v) is 15.2. The van der Waals surface area contributed by atoms with Gasteiger partial charge in [0.25, 0.3) is 5.91 Å². The number of halogens is 1. The second-order valence-electron chi connectivity index (χ2n) is 6.40. The fraction of sp³-hybridized carbons (Fsp3) is 0.350. The Kier molecular flexibility index (Phi) is 6.01. The number of amides is 2. The molecule has 1 aromatic carbocycles. The van der Waals surface area contributed by atoms with Crippen molar-refractivity contribution in [2.75, 3.05) is 18.4 Å². The second kappa shape index (κ2) is 8.62. The van der Waals surface area contributed by atoms with Crippen LogP contribution in [0.15, 0.2) is 42.6 Å². The van der Waals surface area contributed by atoms with Crippen LogP contribution < -0.4 is 10.1 Å². The summed E-state index contributed by atoms with van der Waals surface area (Å²) < 4.78 is 18.9. The van der Waals surface area contributed by atoms with Gasteiger partial charge in [0, 0.05) is 44.0 Å². The summed E-state index contributed by atoms with van der Waals surface area (Å²) >= 11 is 0. The Hall–Kier alpha value is -2.96. The number of aromatic nitrogens is 1. The van der Waals surface area contributed by atoms with Crippen molar-refractivity contribution in [1.82, 2.24) is 9.88 Å². The molecular weight excluding hydrogens is 349 g/mol. The SMILES string of the molecule is CCC(=O)Nc1ccc(OC2CCN(C(=O)c3ccc(F)cc3)CC2)nc1. The van der Waals surface area contributed by atoms with Crippen LogP contribution in [0.3, 0.4) is 0 Å². The predicted molar refractivity (Wildman–Crippen MR) is 99.1 cm³/mol. The monoisotopic (exact) mass is 371 g/mol. The molecule has 1 aromatic heterocycles. The van der Waals surface area contributed by atoms with Crippen LogP contribution in [0, 0.1) is 5.82 Å². The average Bonchev–Trinajstić information content (AvgIpc) is 2.70. The number of nitrogens with one attached hydrogen (secondary N) is 1. The summed E-state index contributed by atoms with van der Waals surface area (Å²) in [5.74, 6) is -0.0227. The quantitative estimate of drug-likeness (QED) is 0.876. The predicted octanol–water partition coefficient (Wildman–Crippen LogP) is 3.25. The molecule has 2 heterocycles. The van der Waals surface area contributed by atoms with Crippen LogP contribution in [0.5, 0.6) is 5.88 Å². The normalized spacial score (nSPS) is 14.7. The molecule has 0 radical (unpaired) electrons. The number of carbonyl (C=O) groups is 2. The summed E-state index contributed by atoms with van der Waals surface area (Å²) in [5, 5.41) is 2.74. The van der Waals surface area contributed by atoms with E-state index in [0.717, 1.165) is 0 Å². The molecule has 0 unspecified atom stereocenters. The van der Waals surface area contributed by atoms with Crippen LogP contribution in [0.2, 0.25) is 0 Å². The molecule has 0 saturated carbocycles. The van der Waals surface area contributed by atoms with Crippen LogP contribution >= 0.6 is 0 Å². The first-order valence-electron chi connectivity index (χ1n) is 9.02. The van der Waals surface area contributed by atoms with Crippen molar-refractivity contribution in [2.45, 2.75) is 32.3 Å². The van der Waals surface area contributed by atoms with Gasteiger partial charge in [-0.1, -0.05) is 6.92 Å². The molecule has 3 rings (SSSR count). The Balaban J connectivity index is 1.50. The van der Waals surface area contributed by atoms with Crippen molar-refractivity contribution < 1.29 is 18.7 Å². The van der Waals surface area contributed by atoms with Gasteiger partial charge in [0.2, 0.25) is 11.8 Å². The third-order valence-corrected chi connectivity index (χ3v) is 4.45. The van der Waals surface area contributed by atoms with Gasteiger partial charge in [0.05, 0.1) is 11.9 Å². The molecule has 0 spiro atoms. The molecule has 1 aliphatic heterocycles. The molecule has 2 aromatic rings. The summed E-state index contributed by atoms with van der Waals surface area (Å²) in [6.07, 6.45) is 3.35. The Labute approximate surface area is 157 Å². The average molecular weight is 371 g/mol. The molecule has 1 saturated heterocycles. The first-order valence-corrected chi connectivity index (χ1v) is 9.02. The number of pyridine rings is 1. The number of piperidine rings is 1. The summed E-state index contributed by atoms with van der Waals surface area (Å²) in [6, 6.07) is 9.07. The lowest BCUT2D eigenvalue weighted by atomic mass is 10.1. The molecule has 6 nitrogen and oxygen atoms in total. The van der Waals surface area contributed by atoms with Crippen molar-refractivity contribution >= 4 is 17.5 Å². The van der Waals surface area contributed by atoms with E-state index in [1.807, 2.05) is 0 Å². The highest BCUT2D eigenvalue weighted by molar-refractivity contribution is 5.94. The first kappa shape index (κ1) is 18.8. The standard InChI is InChI=1S/C20H22FN3O3/c1-2-18(25)23-16-7-8-19(22-13-16)27-17-9-11-24(12-10-17)20(26)14-3-5-15(21)6-4-14/h3-8,13,17H,2,9-12H2,1H3,(H,23,25). The van der Waals surface area contributed by atoms with Crippen molar-refractivity contribution in [3.05, 3.63) is 54.0 Å². The van der Waals surface area contributed by atoms with E-state index in [9.17, 15) is 14.0 Å². The molecule has 142 valence electrons. The smallest absolute Gasteiger partial charge is 0.253 e. The molecule has 27 heavy (non-hydrogen) atoms. The third-order valence-electron chi connectivity index (χ3n) is 4.45. The fourth-order valence-corrected chi connectivity index (χ4v) is 2.90. The lowest BCUT2D eigenvalue weighted by Crippen LogP contribution is -2.41. The highest BCUT2D eigenvalue weighted by Crippen LogP contribution is 2.20. The Morgan fingerprint density at radius 1 is 1.19 bits per heavy atom. The number of likely N-dealkylation sites (tertiary alicyclic amines) is 1. The molecule has 7 heteroatoms. The number of hydrogen-bond acceptors (Lipinski definition) is 4. The van der Waals surface area contributed by atoms with Crippen molar-refractivity contribution in [1.29, 1.82) is 0 Å². The minimum Gasteiger partial charge on any atom is -0.474 e. The largest absolute Gasteiger partial charge is 0.474 e. The van der Waals surface area contributed by atoms with Gasteiger partial charge >= 0.3 is 0 Å². The van der Waals surface area contributed by atoms with Crippen LogP contribution in [-0.4, -0.2) is 40.9 Å². The molecule has 1 N–H and O–H groups in total. The minimum absolute atomic E-state index is 0.0224. The second-order valence-corrected chi connectivity index (χ2v) is 6.40. The molecule has 1 fully saturated rings. The zero-order valence-electron chi connectivity index (χ0n) is 15.2. The van der Waals surface area contributed by atoms with Crippen LogP contribution in [0.4, 0.5) is 10.1 Å². The lowest BCUT2D eigenvalue weighted by Gasteiger charge is -2.32. The van der Waals surface area contributed by atoms with Crippen LogP contribution in [0.25, 0.3) is 0 Å². The van der Waals surface area contributed by atoms with Gasteiger partial charge < -0.3 is 15.0 Å². The van der Waals surface area contributed by atoms with E-state index in [4.69, 9.17) is 4.74 Å². The first-order chi connectivity index (χ1) is 13.0. The number of rotatable bonds is 5. The van der Waals surface area contributed by atoms with Gasteiger partial charge in [-0.2, -0.15) is 0 Å². The van der Waals surface area contributed by atoms with E-state index < -0.39 is 0 Å². The molecule has 0 atom stereocenters. The van der Waals surface area contributed by atoms with Crippen molar-refractivity contribution in [3.63, 3.8) is 0 Å². The summed E-state index contributed by atoms with van der Waals surface area (Å²) in [6.45, 7) is 2.93. The van der Waals surface area contributed by atoms with Gasteiger partial charge in [-0.3, -0.25) is 9.59 Å². The summed E-state index contributed by atoms with van der Waals surface area (Å²) in [4.78, 5) is 29.8. The van der Waals surface area contributed by atoms with Crippen molar-refractivity contribution in [3.8, 4) is 5.88 Å². The maximum absolute atomic E-state index is 13.0. The van der Waals surface area contributed by atoms with E-state index in [0.29, 0.717) is 49.5 Å². The summed E-state index contributed by atoms with van der Waals surface area (Å²) in [7, 11) is 0. The highest BCUT2D eigenvalue weighted by Gasteiger charge is 2.25. The number of ether oxygens (including phenoxy) is 1. The van der Waals surface area contributed by atoms with E-state index in [1.54, 1.807) is 30.2 Å². The minimum atomic E-state index is -0.355. The van der Waals surface area contributed by atoms with Crippen LogP contribution in [0.1, 0.15) is 36.5 Å². The highest BCUT2D eigenvalue weighted by atomic mass is 19.1. The molecular formula is C20H22FN3O3. The number of benzene rings is 1. The topological polar surface area (TPSA) is 71.5 Å². The maximum Gasteiger partial charge on any atom is 0.253 e. The Morgan fingerprint density at radius 2 is 1.89 bits per heavy atom. The van der Waals surface area contributed by atoms with E-state index in [-0.39, 0.29) is 23.7 Å². The number of anilines is 1. The van der Waals surface area contributed by atoms with Gasteiger partial charge in [0.1, 0.15) is 11.9 Å². The van der Waals surface area contributed by atoms with Gasteiger partial charge in [-0.15, -0.1) is 0 Å². The van der Waals surface area contributed by atoms with E-state index in [1.165, 1.54) is 24.3 Å². The van der Waals surface area contributed by atoms with Crippen molar-refractivity contribution in [2.24, 2.45) is 0 Å². The lowest BCUT2D eigenvalue weighted by molar-refractivity contribution is -0.115. The maximum atomic E-state index is 13.0. The number of carbonyl (C=O) groups excluding carboxylic acids is 2. The molecule has 2 amide bonds. The number of nitrogens with zero attached hydrogens (tertiary/aromatic N) is 2. The molecule has 0 aliphatic carbocycles. The Morgan fingerprint density at radius 3 is 2.48 bits per heavy atom. The van der Waals surface area contributed by atoms with Crippen LogP contribution in [-0.2, 0) is 4.79 Å². The van der Waals surface area contributed by atoms with Gasteiger partial charge in [-0.25, -0.2) is 9.37 Å². The Bertz CT molecular complexity index is 785. The van der Waals surface area contributed by atoms with Gasteiger partial charge in [-0.05, 0) is 30.3 Å². The van der Waals surface area contributed by atoms with E-state index in [2.05, 4.69) is 10.3 Å². The molecule has 1 aliphatic rings. The zero-order chi connectivity index (χ0) is 19.2. The van der Waals surface area contributed by atoms with Gasteiger partial charge in [0.15, 0.2) is 0 Å². The number of hydrogen-bond donors (Lipinski definition) is 1. The third kappa shape index (κ3) is 5.03. The summed E-state index contributed by atoms with van der Waals surface area (Å²) in [5.41, 5.74) is 1.12. The fourth-order valence-electron chi connectivity index (χ4n) is 2.90. The molecule has 0 bridgehead atoms. The van der Waals surface area contributed by atoms with E-state index >= 15 is 0 Å².